The molecule has 5 nitrogen and oxygen atoms in total. The van der Waals surface area contributed by atoms with E-state index in [1.54, 1.807) is 36.7 Å². The molecule has 2 aromatic carbocycles. The molecule has 1 atom stereocenters. The molecule has 0 aliphatic carbocycles. The fourth-order valence-electron chi connectivity index (χ4n) is 2.45. The molecular weight excluding hydrogens is 351 g/mol. The van der Waals surface area contributed by atoms with Crippen LogP contribution in [0.3, 0.4) is 0 Å². The molecule has 7 heteroatoms. The fraction of sp³-hybridized carbons (Fsp3) is 0.211. The first kappa shape index (κ1) is 18.1. The van der Waals surface area contributed by atoms with Crippen LogP contribution in [0.15, 0.2) is 53.7 Å². The average Bonchev–Trinajstić information content (AvgIpc) is 2.98. The number of rotatable bonds is 5. The number of aryl methyl sites for hydroxylation is 1. The highest BCUT2D eigenvalue weighted by Gasteiger charge is 2.20. The van der Waals surface area contributed by atoms with E-state index in [9.17, 15) is 9.18 Å². The third kappa shape index (κ3) is 3.77. The summed E-state index contributed by atoms with van der Waals surface area (Å²) in [6.07, 6.45) is 0. The van der Waals surface area contributed by atoms with Crippen LogP contribution in [0.25, 0.3) is 11.4 Å². The van der Waals surface area contributed by atoms with Gasteiger partial charge in [0, 0.05) is 12.7 Å². The second-order valence-corrected chi connectivity index (χ2v) is 7.22. The highest BCUT2D eigenvalue weighted by atomic mass is 32.2. The molecule has 0 unspecified atom stereocenters. The van der Waals surface area contributed by atoms with Gasteiger partial charge in [-0.1, -0.05) is 42.1 Å². The Kier molecular flexibility index (Phi) is 5.37. The molecule has 0 bridgehead atoms. The predicted molar refractivity (Wildman–Crippen MR) is 102 cm³/mol. The summed E-state index contributed by atoms with van der Waals surface area (Å²) in [5.74, 6) is -0.0539. The van der Waals surface area contributed by atoms with Crippen LogP contribution in [0.5, 0.6) is 0 Å². The third-order valence-electron chi connectivity index (χ3n) is 4.00. The molecule has 3 aromatic rings. The lowest BCUT2D eigenvalue weighted by Gasteiger charge is -2.13. The maximum absolute atomic E-state index is 14.0. The van der Waals surface area contributed by atoms with Crippen molar-refractivity contribution < 1.29 is 9.18 Å². The number of thioether (sulfide) groups is 1. The molecule has 134 valence electrons. The molecule has 0 saturated heterocycles. The van der Waals surface area contributed by atoms with Crippen LogP contribution < -0.4 is 5.32 Å². The van der Waals surface area contributed by atoms with Crippen molar-refractivity contribution in [2.24, 2.45) is 7.05 Å². The minimum absolute atomic E-state index is 0.125. The van der Waals surface area contributed by atoms with Crippen molar-refractivity contribution in [2.45, 2.75) is 24.3 Å². The van der Waals surface area contributed by atoms with Crippen LogP contribution >= 0.6 is 11.8 Å². The van der Waals surface area contributed by atoms with Gasteiger partial charge in [0.25, 0.3) is 0 Å². The van der Waals surface area contributed by atoms with Gasteiger partial charge in [-0.3, -0.25) is 4.79 Å². The van der Waals surface area contributed by atoms with Gasteiger partial charge in [0.2, 0.25) is 5.91 Å². The number of halogens is 1. The van der Waals surface area contributed by atoms with E-state index in [0.29, 0.717) is 16.5 Å². The van der Waals surface area contributed by atoms with Gasteiger partial charge in [0.1, 0.15) is 5.82 Å². The van der Waals surface area contributed by atoms with Crippen LogP contribution in [-0.2, 0) is 11.8 Å². The lowest BCUT2D eigenvalue weighted by molar-refractivity contribution is -0.115. The fourth-order valence-corrected chi connectivity index (χ4v) is 3.27. The van der Waals surface area contributed by atoms with Gasteiger partial charge in [0.15, 0.2) is 11.0 Å². The number of carbonyl (C=O) groups is 1. The Bertz CT molecular complexity index is 941. The zero-order valence-electron chi connectivity index (χ0n) is 14.7. The summed E-state index contributed by atoms with van der Waals surface area (Å²) in [5.41, 5.74) is 2.17. The van der Waals surface area contributed by atoms with Crippen LogP contribution in [0, 0.1) is 12.7 Å². The Hall–Kier alpha value is -2.67. The van der Waals surface area contributed by atoms with E-state index in [-0.39, 0.29) is 17.0 Å². The number of carbonyl (C=O) groups excluding carboxylic acids is 1. The van der Waals surface area contributed by atoms with Gasteiger partial charge < -0.3 is 9.88 Å². The molecule has 1 aromatic heterocycles. The smallest absolute Gasteiger partial charge is 0.237 e. The van der Waals surface area contributed by atoms with E-state index in [1.165, 1.54) is 17.8 Å². The van der Waals surface area contributed by atoms with Gasteiger partial charge in [-0.15, -0.1) is 10.2 Å². The molecule has 0 radical (unpaired) electrons. The normalized spacial score (nSPS) is 12.0. The number of para-hydroxylation sites is 1. The Labute approximate surface area is 155 Å². The molecule has 0 aliphatic rings. The average molecular weight is 370 g/mol. The molecular formula is C19H19FN4OS. The van der Waals surface area contributed by atoms with Crippen LogP contribution in [0.2, 0.25) is 0 Å². The number of benzene rings is 2. The number of hydrogen-bond donors (Lipinski definition) is 1. The number of amides is 1. The highest BCUT2D eigenvalue weighted by molar-refractivity contribution is 8.00. The summed E-state index contributed by atoms with van der Waals surface area (Å²) in [5, 5.41) is 11.3. The minimum Gasteiger partial charge on any atom is -0.325 e. The second-order valence-electron chi connectivity index (χ2n) is 5.91. The topological polar surface area (TPSA) is 59.8 Å². The first-order chi connectivity index (χ1) is 12.5. The van der Waals surface area contributed by atoms with Gasteiger partial charge >= 0.3 is 0 Å². The van der Waals surface area contributed by atoms with Crippen molar-refractivity contribution >= 4 is 23.4 Å². The first-order valence-corrected chi connectivity index (χ1v) is 9.02. The van der Waals surface area contributed by atoms with Crippen LogP contribution in [0.1, 0.15) is 12.5 Å². The van der Waals surface area contributed by atoms with Crippen LogP contribution in [0.4, 0.5) is 10.1 Å². The van der Waals surface area contributed by atoms with E-state index in [4.69, 9.17) is 0 Å². The SMILES string of the molecule is Cc1ccccc1NC(=O)[C@H](C)Sc1nnc(-c2ccccc2F)n1C. The Balaban J connectivity index is 1.74. The van der Waals surface area contributed by atoms with Gasteiger partial charge in [0.05, 0.1) is 10.8 Å². The molecule has 3 rings (SSSR count). The van der Waals surface area contributed by atoms with E-state index >= 15 is 0 Å². The highest BCUT2D eigenvalue weighted by Crippen LogP contribution is 2.27. The lowest BCUT2D eigenvalue weighted by Crippen LogP contribution is -2.23. The second kappa shape index (κ2) is 7.70. The summed E-state index contributed by atoms with van der Waals surface area (Å²) >= 11 is 1.28. The summed E-state index contributed by atoms with van der Waals surface area (Å²) in [7, 11) is 1.76. The van der Waals surface area contributed by atoms with E-state index in [2.05, 4.69) is 15.5 Å². The Morgan fingerprint density at radius 3 is 2.58 bits per heavy atom. The standard InChI is InChI=1S/C19H19FN4OS/c1-12-8-4-7-11-16(12)21-18(25)13(2)26-19-23-22-17(24(19)3)14-9-5-6-10-15(14)20/h4-11,13H,1-3H3,(H,21,25)/t13-/m0/s1. The van der Waals surface area contributed by atoms with Gasteiger partial charge in [-0.05, 0) is 37.6 Å². The zero-order chi connectivity index (χ0) is 18.7. The first-order valence-electron chi connectivity index (χ1n) is 8.15. The number of anilines is 1. The number of aromatic nitrogens is 3. The molecule has 26 heavy (non-hydrogen) atoms. The van der Waals surface area contributed by atoms with Crippen molar-refractivity contribution in [3.8, 4) is 11.4 Å². The maximum Gasteiger partial charge on any atom is 0.237 e. The number of nitrogens with zero attached hydrogens (tertiary/aromatic N) is 3. The monoisotopic (exact) mass is 370 g/mol. The Morgan fingerprint density at radius 1 is 1.15 bits per heavy atom. The van der Waals surface area contributed by atoms with E-state index in [0.717, 1.165) is 11.3 Å². The quantitative estimate of drug-likeness (QED) is 0.689. The molecule has 0 fully saturated rings. The molecule has 0 spiro atoms. The van der Waals surface area contributed by atoms with Crippen LogP contribution in [-0.4, -0.2) is 25.9 Å². The Morgan fingerprint density at radius 2 is 1.85 bits per heavy atom. The molecule has 0 saturated carbocycles. The zero-order valence-corrected chi connectivity index (χ0v) is 15.5. The van der Waals surface area contributed by atoms with Crippen molar-refractivity contribution in [1.82, 2.24) is 14.8 Å². The minimum atomic E-state index is -0.383. The largest absolute Gasteiger partial charge is 0.325 e. The van der Waals surface area contributed by atoms with Crippen molar-refractivity contribution in [3.63, 3.8) is 0 Å². The van der Waals surface area contributed by atoms with Crippen molar-refractivity contribution in [3.05, 3.63) is 59.9 Å². The van der Waals surface area contributed by atoms with Crippen molar-refractivity contribution in [1.29, 1.82) is 0 Å². The lowest BCUT2D eigenvalue weighted by atomic mass is 10.2. The van der Waals surface area contributed by atoms with Gasteiger partial charge in [-0.25, -0.2) is 4.39 Å². The summed E-state index contributed by atoms with van der Waals surface area (Å²) < 4.78 is 15.7. The molecule has 0 aliphatic heterocycles. The summed E-state index contributed by atoms with van der Waals surface area (Å²) in [6.45, 7) is 3.74. The van der Waals surface area contributed by atoms with E-state index in [1.807, 2.05) is 31.2 Å². The molecule has 1 amide bonds. The predicted octanol–water partition coefficient (Wildman–Crippen LogP) is 4.05. The number of hydrogen-bond acceptors (Lipinski definition) is 4. The molecule has 1 N–H and O–H groups in total. The maximum atomic E-state index is 14.0. The third-order valence-corrected chi connectivity index (χ3v) is 5.14. The summed E-state index contributed by atoms with van der Waals surface area (Å²) in [6, 6.07) is 14.0. The van der Waals surface area contributed by atoms with Gasteiger partial charge in [-0.2, -0.15) is 0 Å². The van der Waals surface area contributed by atoms with Crippen molar-refractivity contribution in [2.75, 3.05) is 5.32 Å². The number of nitrogens with one attached hydrogen (secondary N) is 1. The molecule has 1 heterocycles. The summed E-state index contributed by atoms with van der Waals surface area (Å²) in [4.78, 5) is 12.5. The van der Waals surface area contributed by atoms with E-state index < -0.39 is 0 Å².